The maximum absolute atomic E-state index is 12.6. The van der Waals surface area contributed by atoms with Crippen LogP contribution in [-0.4, -0.2) is 36.3 Å². The number of ether oxygens (including phenoxy) is 2. The lowest BCUT2D eigenvalue weighted by atomic mass is 10.2. The van der Waals surface area contributed by atoms with Crippen LogP contribution in [0.2, 0.25) is 5.02 Å². The molecule has 130 valence electrons. The van der Waals surface area contributed by atoms with Gasteiger partial charge in [-0.3, -0.25) is 4.79 Å². The minimum atomic E-state index is -0.0820. The largest absolute Gasteiger partial charge is 0.486 e. The van der Waals surface area contributed by atoms with Gasteiger partial charge in [-0.1, -0.05) is 18.5 Å². The molecule has 24 heavy (non-hydrogen) atoms. The summed E-state index contributed by atoms with van der Waals surface area (Å²) in [7, 11) is 0. The van der Waals surface area contributed by atoms with E-state index in [1.165, 1.54) is 0 Å². The van der Waals surface area contributed by atoms with Crippen LogP contribution in [0.3, 0.4) is 0 Å². The normalized spacial score (nSPS) is 16.2. The first-order valence-electron chi connectivity index (χ1n) is 8.50. The van der Waals surface area contributed by atoms with Gasteiger partial charge in [0.2, 0.25) is 0 Å². The first-order chi connectivity index (χ1) is 11.7. The standard InChI is InChI=1S/C18H23ClN2O3/c1-3-12-11-21-15(18(22)20-8-5-9-23-4-2)10-13-14(19)6-7-16(24-12)17(13)21/h6-7,10,12H,3-5,8-9,11H2,1-2H3,(H,20,22). The summed E-state index contributed by atoms with van der Waals surface area (Å²) >= 11 is 6.31. The van der Waals surface area contributed by atoms with Crippen molar-refractivity contribution < 1.29 is 14.3 Å². The Morgan fingerprint density at radius 1 is 1.46 bits per heavy atom. The molecule has 2 heterocycles. The Balaban J connectivity index is 1.85. The van der Waals surface area contributed by atoms with E-state index < -0.39 is 0 Å². The molecule has 0 bridgehead atoms. The lowest BCUT2D eigenvalue weighted by Crippen LogP contribution is -2.32. The van der Waals surface area contributed by atoms with Gasteiger partial charge >= 0.3 is 0 Å². The van der Waals surface area contributed by atoms with Gasteiger partial charge in [0.15, 0.2) is 0 Å². The third-order valence-electron chi connectivity index (χ3n) is 4.29. The van der Waals surface area contributed by atoms with Crippen LogP contribution in [0.25, 0.3) is 10.9 Å². The molecule has 0 spiro atoms. The number of carbonyl (C=O) groups excluding carboxylic acids is 1. The van der Waals surface area contributed by atoms with E-state index in [-0.39, 0.29) is 12.0 Å². The SMILES string of the molecule is CCOCCCNC(=O)c1cc2c(Cl)ccc3c2n1CC(CC)O3. The van der Waals surface area contributed by atoms with E-state index in [0.717, 1.165) is 29.5 Å². The molecule has 0 fully saturated rings. The summed E-state index contributed by atoms with van der Waals surface area (Å²) < 4.78 is 13.3. The first kappa shape index (κ1) is 17.1. The van der Waals surface area contributed by atoms with Crippen LogP contribution in [0.4, 0.5) is 0 Å². The molecule has 5 nitrogen and oxygen atoms in total. The molecule has 1 aromatic heterocycles. The molecule has 1 aliphatic heterocycles. The van der Waals surface area contributed by atoms with E-state index in [0.29, 0.717) is 37.0 Å². The van der Waals surface area contributed by atoms with E-state index in [2.05, 4.69) is 12.2 Å². The van der Waals surface area contributed by atoms with Crippen molar-refractivity contribution in [2.45, 2.75) is 39.3 Å². The van der Waals surface area contributed by atoms with Gasteiger partial charge in [0.1, 0.15) is 17.5 Å². The van der Waals surface area contributed by atoms with Crippen LogP contribution in [0.5, 0.6) is 5.75 Å². The quantitative estimate of drug-likeness (QED) is 0.776. The van der Waals surface area contributed by atoms with Crippen molar-refractivity contribution in [2.24, 2.45) is 0 Å². The number of carbonyl (C=O) groups is 1. The molecule has 0 radical (unpaired) electrons. The fourth-order valence-electron chi connectivity index (χ4n) is 3.03. The summed E-state index contributed by atoms with van der Waals surface area (Å²) in [5.74, 6) is 0.712. The van der Waals surface area contributed by atoms with Gasteiger partial charge in [-0.15, -0.1) is 0 Å². The molecule has 0 aliphatic carbocycles. The molecule has 1 aromatic carbocycles. The molecule has 2 aromatic rings. The number of hydrogen-bond donors (Lipinski definition) is 1. The molecule has 1 unspecified atom stereocenters. The number of amides is 1. The second-order valence-electron chi connectivity index (χ2n) is 5.90. The summed E-state index contributed by atoms with van der Waals surface area (Å²) in [5.41, 5.74) is 1.55. The first-order valence-corrected chi connectivity index (χ1v) is 8.87. The monoisotopic (exact) mass is 350 g/mol. The molecule has 0 saturated heterocycles. The highest BCUT2D eigenvalue weighted by atomic mass is 35.5. The number of nitrogens with one attached hydrogen (secondary N) is 1. The Hall–Kier alpha value is -1.72. The Bertz CT molecular complexity index is 741. The maximum Gasteiger partial charge on any atom is 0.267 e. The van der Waals surface area contributed by atoms with Gasteiger partial charge in [0.05, 0.1) is 17.1 Å². The predicted octanol–water partition coefficient (Wildman–Crippen LogP) is 3.62. The van der Waals surface area contributed by atoms with Crippen molar-refractivity contribution in [1.29, 1.82) is 0 Å². The molecular formula is C18H23ClN2O3. The molecule has 1 N–H and O–H groups in total. The zero-order chi connectivity index (χ0) is 17.1. The molecule has 1 aliphatic rings. The van der Waals surface area contributed by atoms with E-state index in [1.54, 1.807) is 0 Å². The summed E-state index contributed by atoms with van der Waals surface area (Å²) in [6.45, 7) is 6.65. The second-order valence-corrected chi connectivity index (χ2v) is 6.31. The van der Waals surface area contributed by atoms with Crippen molar-refractivity contribution in [1.82, 2.24) is 9.88 Å². The third-order valence-corrected chi connectivity index (χ3v) is 4.62. The number of nitrogens with zero attached hydrogens (tertiary/aromatic N) is 1. The molecule has 3 rings (SSSR count). The number of halogens is 1. The number of aromatic nitrogens is 1. The zero-order valence-electron chi connectivity index (χ0n) is 14.1. The van der Waals surface area contributed by atoms with Crippen LogP contribution < -0.4 is 10.1 Å². The molecule has 0 saturated carbocycles. The van der Waals surface area contributed by atoms with Crippen LogP contribution >= 0.6 is 11.6 Å². The number of rotatable bonds is 7. The second kappa shape index (κ2) is 7.45. The van der Waals surface area contributed by atoms with Gasteiger partial charge < -0.3 is 19.4 Å². The van der Waals surface area contributed by atoms with E-state index >= 15 is 0 Å². The van der Waals surface area contributed by atoms with Crippen molar-refractivity contribution >= 4 is 28.4 Å². The van der Waals surface area contributed by atoms with E-state index in [1.807, 2.05) is 29.7 Å². The average molecular weight is 351 g/mol. The highest BCUT2D eigenvalue weighted by molar-refractivity contribution is 6.36. The van der Waals surface area contributed by atoms with Crippen LogP contribution in [0.15, 0.2) is 18.2 Å². The van der Waals surface area contributed by atoms with Gasteiger partial charge in [-0.25, -0.2) is 0 Å². The fourth-order valence-corrected chi connectivity index (χ4v) is 3.24. The summed E-state index contributed by atoms with van der Waals surface area (Å²) in [6.07, 6.45) is 1.75. The Morgan fingerprint density at radius 3 is 3.04 bits per heavy atom. The van der Waals surface area contributed by atoms with Crippen LogP contribution in [-0.2, 0) is 11.3 Å². The summed E-state index contributed by atoms with van der Waals surface area (Å²) in [4.78, 5) is 12.6. The molecule has 1 atom stereocenters. The topological polar surface area (TPSA) is 52.5 Å². The number of hydrogen-bond acceptors (Lipinski definition) is 3. The van der Waals surface area contributed by atoms with Crippen molar-refractivity contribution in [3.63, 3.8) is 0 Å². The van der Waals surface area contributed by atoms with Crippen molar-refractivity contribution in [3.8, 4) is 5.75 Å². The average Bonchev–Trinajstić information content (AvgIpc) is 2.98. The number of benzene rings is 1. The van der Waals surface area contributed by atoms with Crippen LogP contribution in [0.1, 0.15) is 37.2 Å². The Kier molecular flexibility index (Phi) is 5.31. The highest BCUT2D eigenvalue weighted by Crippen LogP contribution is 2.38. The van der Waals surface area contributed by atoms with Gasteiger partial charge in [-0.2, -0.15) is 0 Å². The Labute approximate surface area is 146 Å². The highest BCUT2D eigenvalue weighted by Gasteiger charge is 2.26. The van der Waals surface area contributed by atoms with E-state index in [9.17, 15) is 4.79 Å². The minimum Gasteiger partial charge on any atom is -0.486 e. The smallest absolute Gasteiger partial charge is 0.267 e. The predicted molar refractivity (Wildman–Crippen MR) is 95.1 cm³/mol. The van der Waals surface area contributed by atoms with Crippen molar-refractivity contribution in [3.05, 3.63) is 28.9 Å². The van der Waals surface area contributed by atoms with Gasteiger partial charge in [-0.05, 0) is 38.0 Å². The molecule has 1 amide bonds. The van der Waals surface area contributed by atoms with E-state index in [4.69, 9.17) is 21.1 Å². The fraction of sp³-hybridized carbons (Fsp3) is 0.500. The van der Waals surface area contributed by atoms with Crippen molar-refractivity contribution in [2.75, 3.05) is 19.8 Å². The third kappa shape index (κ3) is 3.23. The lowest BCUT2D eigenvalue weighted by molar-refractivity contribution is 0.0929. The van der Waals surface area contributed by atoms with Gasteiger partial charge in [0, 0.05) is 25.1 Å². The maximum atomic E-state index is 12.6. The minimum absolute atomic E-state index is 0.0683. The lowest BCUT2D eigenvalue weighted by Gasteiger charge is -2.26. The zero-order valence-corrected chi connectivity index (χ0v) is 14.9. The summed E-state index contributed by atoms with van der Waals surface area (Å²) in [5, 5.41) is 4.47. The van der Waals surface area contributed by atoms with Crippen LogP contribution in [0, 0.1) is 0 Å². The Morgan fingerprint density at radius 2 is 2.29 bits per heavy atom. The summed E-state index contributed by atoms with van der Waals surface area (Å²) in [6, 6.07) is 5.57. The molecule has 6 heteroatoms. The molecular weight excluding hydrogens is 328 g/mol. The van der Waals surface area contributed by atoms with Gasteiger partial charge in [0.25, 0.3) is 5.91 Å².